The summed E-state index contributed by atoms with van der Waals surface area (Å²) in [4.78, 5) is 0. The maximum atomic E-state index is 6.01. The molecule has 1 heteroatoms. The van der Waals surface area contributed by atoms with Crippen molar-refractivity contribution in [2.75, 3.05) is 5.88 Å². The second-order valence-electron chi connectivity index (χ2n) is 10.1. The minimum Gasteiger partial charge on any atom is -0.127 e. The number of halogens is 1. The molecular weight excluding hydrogens is 300 g/mol. The minimum absolute atomic E-state index is 0.658. The summed E-state index contributed by atoms with van der Waals surface area (Å²) in [5.74, 6) is 6.07. The predicted molar refractivity (Wildman–Crippen MR) is 99.8 cm³/mol. The fraction of sp³-hybridized carbons (Fsp3) is 1.00. The maximum absolute atomic E-state index is 6.01. The monoisotopic (exact) mass is 336 g/mol. The van der Waals surface area contributed by atoms with Crippen LogP contribution in [0.25, 0.3) is 0 Å². The highest BCUT2D eigenvalue weighted by molar-refractivity contribution is 6.17. The van der Waals surface area contributed by atoms with Crippen LogP contribution in [0.4, 0.5) is 0 Å². The molecule has 132 valence electrons. The van der Waals surface area contributed by atoms with E-state index in [1.807, 2.05) is 0 Å². The van der Waals surface area contributed by atoms with Gasteiger partial charge in [0.25, 0.3) is 0 Å². The lowest BCUT2D eigenvalue weighted by Crippen LogP contribution is -2.52. The Hall–Kier alpha value is 0.290. The van der Waals surface area contributed by atoms with Crippen LogP contribution in [0.15, 0.2) is 0 Å². The Morgan fingerprint density at radius 1 is 0.826 bits per heavy atom. The summed E-state index contributed by atoms with van der Waals surface area (Å²) >= 11 is 6.01. The fourth-order valence-electron chi connectivity index (χ4n) is 8.20. The van der Waals surface area contributed by atoms with Gasteiger partial charge in [-0.15, -0.1) is 11.6 Å². The first-order valence-electron chi connectivity index (χ1n) is 10.7. The standard InChI is InChI=1S/C22H37Cl/c1-21-13-4-3-6-16(21)8-10-18-19-11-9-17(7-5-15-23)22(19,2)14-12-20(18)21/h16-20H,3-15H2,1-2H3/t16?,17-,18-,19-,20-,21-,22+/m0/s1. The molecule has 0 aromatic carbocycles. The zero-order valence-electron chi connectivity index (χ0n) is 15.5. The molecule has 1 unspecified atom stereocenters. The molecule has 0 saturated heterocycles. The molecule has 0 bridgehead atoms. The van der Waals surface area contributed by atoms with Crippen molar-refractivity contribution in [2.45, 2.75) is 90.9 Å². The van der Waals surface area contributed by atoms with Gasteiger partial charge >= 0.3 is 0 Å². The third-order valence-corrected chi connectivity index (χ3v) is 9.73. The van der Waals surface area contributed by atoms with E-state index in [2.05, 4.69) is 13.8 Å². The van der Waals surface area contributed by atoms with Gasteiger partial charge in [0, 0.05) is 5.88 Å². The summed E-state index contributed by atoms with van der Waals surface area (Å²) in [5, 5.41) is 0. The molecule has 0 N–H and O–H groups in total. The van der Waals surface area contributed by atoms with Crippen LogP contribution in [0.1, 0.15) is 90.9 Å². The molecule has 0 nitrogen and oxygen atoms in total. The van der Waals surface area contributed by atoms with Crippen LogP contribution in [0.3, 0.4) is 0 Å². The first-order valence-corrected chi connectivity index (χ1v) is 11.2. The molecule has 7 atom stereocenters. The highest BCUT2D eigenvalue weighted by Gasteiger charge is 2.59. The first kappa shape index (κ1) is 16.7. The lowest BCUT2D eigenvalue weighted by molar-refractivity contribution is -0.111. The Bertz CT molecular complexity index is 432. The average molecular weight is 337 g/mol. The highest BCUT2D eigenvalue weighted by Crippen LogP contribution is 2.67. The van der Waals surface area contributed by atoms with Crippen LogP contribution in [0.5, 0.6) is 0 Å². The van der Waals surface area contributed by atoms with Crippen molar-refractivity contribution in [3.05, 3.63) is 0 Å². The molecule has 4 aliphatic carbocycles. The van der Waals surface area contributed by atoms with Crippen LogP contribution >= 0.6 is 11.6 Å². The molecular formula is C22H37Cl. The molecule has 0 amide bonds. The second-order valence-corrected chi connectivity index (χ2v) is 10.4. The zero-order chi connectivity index (χ0) is 16.1. The quantitative estimate of drug-likeness (QED) is 0.484. The fourth-order valence-corrected chi connectivity index (χ4v) is 8.36. The summed E-state index contributed by atoms with van der Waals surface area (Å²) < 4.78 is 0. The molecule has 0 heterocycles. The van der Waals surface area contributed by atoms with E-state index in [0.29, 0.717) is 10.8 Å². The molecule has 4 fully saturated rings. The van der Waals surface area contributed by atoms with Gasteiger partial charge in [-0.3, -0.25) is 0 Å². The zero-order valence-corrected chi connectivity index (χ0v) is 16.2. The topological polar surface area (TPSA) is 0 Å². The maximum Gasteiger partial charge on any atom is 0.0223 e. The first-order chi connectivity index (χ1) is 11.1. The van der Waals surface area contributed by atoms with Gasteiger partial charge < -0.3 is 0 Å². The van der Waals surface area contributed by atoms with E-state index in [1.54, 1.807) is 25.7 Å². The van der Waals surface area contributed by atoms with Crippen molar-refractivity contribution < 1.29 is 0 Å². The summed E-state index contributed by atoms with van der Waals surface area (Å²) in [5.41, 5.74) is 1.36. The number of alkyl halides is 1. The Balaban J connectivity index is 1.55. The molecule has 0 aliphatic heterocycles. The normalized spacial score (nSPS) is 52.6. The van der Waals surface area contributed by atoms with Crippen LogP contribution in [-0.4, -0.2) is 5.88 Å². The lowest BCUT2D eigenvalue weighted by Gasteiger charge is -2.60. The molecule has 4 aliphatic rings. The summed E-state index contributed by atoms with van der Waals surface area (Å²) in [6, 6.07) is 0. The van der Waals surface area contributed by atoms with E-state index in [9.17, 15) is 0 Å². The van der Waals surface area contributed by atoms with Gasteiger partial charge in [-0.2, -0.15) is 0 Å². The van der Waals surface area contributed by atoms with Gasteiger partial charge in [-0.05, 0) is 105 Å². The van der Waals surface area contributed by atoms with Gasteiger partial charge in [0.15, 0.2) is 0 Å². The molecule has 0 aromatic rings. The van der Waals surface area contributed by atoms with Gasteiger partial charge in [0.2, 0.25) is 0 Å². The third kappa shape index (κ3) is 2.52. The molecule has 4 rings (SSSR count). The van der Waals surface area contributed by atoms with Gasteiger partial charge in [0.05, 0.1) is 0 Å². The Morgan fingerprint density at radius 3 is 2.48 bits per heavy atom. The Morgan fingerprint density at radius 2 is 1.65 bits per heavy atom. The van der Waals surface area contributed by atoms with Crippen molar-refractivity contribution >= 4 is 11.6 Å². The van der Waals surface area contributed by atoms with Crippen molar-refractivity contribution in [3.8, 4) is 0 Å². The van der Waals surface area contributed by atoms with Crippen molar-refractivity contribution in [1.29, 1.82) is 0 Å². The second kappa shape index (κ2) is 6.22. The molecule has 0 radical (unpaired) electrons. The SMILES string of the molecule is C[C@]12CC[C@H]3[C@@H](CCC4CCCC[C@@]43C)[C@@H]1CC[C@@H]2CCCCl. The van der Waals surface area contributed by atoms with Crippen LogP contribution in [0.2, 0.25) is 0 Å². The molecule has 23 heavy (non-hydrogen) atoms. The Kier molecular flexibility index (Phi) is 4.53. The van der Waals surface area contributed by atoms with E-state index in [-0.39, 0.29) is 0 Å². The largest absolute Gasteiger partial charge is 0.127 e. The number of rotatable bonds is 3. The summed E-state index contributed by atoms with van der Waals surface area (Å²) in [6.45, 7) is 5.38. The summed E-state index contributed by atoms with van der Waals surface area (Å²) in [7, 11) is 0. The van der Waals surface area contributed by atoms with Crippen LogP contribution in [0, 0.1) is 40.4 Å². The molecule has 0 aromatic heterocycles. The van der Waals surface area contributed by atoms with Crippen molar-refractivity contribution in [3.63, 3.8) is 0 Å². The smallest absolute Gasteiger partial charge is 0.0223 e. The molecule has 4 saturated carbocycles. The average Bonchev–Trinajstić information content (AvgIpc) is 2.89. The minimum atomic E-state index is 0.658. The number of hydrogen-bond donors (Lipinski definition) is 0. The van der Waals surface area contributed by atoms with E-state index in [4.69, 9.17) is 11.6 Å². The van der Waals surface area contributed by atoms with E-state index < -0.39 is 0 Å². The predicted octanol–water partition coefficient (Wildman–Crippen LogP) is 7.05. The third-order valence-electron chi connectivity index (χ3n) is 9.47. The van der Waals surface area contributed by atoms with Crippen molar-refractivity contribution in [2.24, 2.45) is 40.4 Å². The van der Waals surface area contributed by atoms with Crippen LogP contribution < -0.4 is 0 Å². The van der Waals surface area contributed by atoms with Gasteiger partial charge in [-0.25, -0.2) is 0 Å². The number of fused-ring (bicyclic) bond motifs is 5. The van der Waals surface area contributed by atoms with Crippen LogP contribution in [-0.2, 0) is 0 Å². The van der Waals surface area contributed by atoms with E-state index in [0.717, 1.165) is 35.5 Å². The Labute approximate surface area is 149 Å². The summed E-state index contributed by atoms with van der Waals surface area (Å²) in [6.07, 6.45) is 18.0. The van der Waals surface area contributed by atoms with Gasteiger partial charge in [0.1, 0.15) is 0 Å². The lowest BCUT2D eigenvalue weighted by atomic mass is 9.45. The van der Waals surface area contributed by atoms with E-state index >= 15 is 0 Å². The van der Waals surface area contributed by atoms with Crippen molar-refractivity contribution in [1.82, 2.24) is 0 Å². The number of hydrogen-bond acceptors (Lipinski definition) is 0. The van der Waals surface area contributed by atoms with Gasteiger partial charge in [-0.1, -0.05) is 26.7 Å². The van der Waals surface area contributed by atoms with E-state index in [1.165, 1.54) is 51.4 Å². The molecule has 0 spiro atoms. The highest BCUT2D eigenvalue weighted by atomic mass is 35.5.